The van der Waals surface area contributed by atoms with Crippen molar-refractivity contribution >= 4 is 45.2 Å². The van der Waals surface area contributed by atoms with Gasteiger partial charge in [0.1, 0.15) is 33.3 Å². The van der Waals surface area contributed by atoms with E-state index in [1.807, 2.05) is 0 Å². The first-order valence-electron chi connectivity index (χ1n) is 8.76. The van der Waals surface area contributed by atoms with Crippen molar-refractivity contribution in [2.45, 2.75) is 32.8 Å². The Bertz CT molecular complexity index is 1080. The van der Waals surface area contributed by atoms with E-state index in [0.717, 1.165) is 24.8 Å². The van der Waals surface area contributed by atoms with Crippen molar-refractivity contribution in [2.75, 3.05) is 5.32 Å². The van der Waals surface area contributed by atoms with Gasteiger partial charge in [-0.05, 0) is 56.0 Å². The molecule has 1 amide bonds. The predicted molar refractivity (Wildman–Crippen MR) is 112 cm³/mol. The summed E-state index contributed by atoms with van der Waals surface area (Å²) in [6.45, 7) is 2.08. The van der Waals surface area contributed by atoms with Crippen LogP contribution < -0.4 is 10.1 Å². The fraction of sp³-hybridized carbons (Fsp3) is 0.250. The minimum Gasteiger partial charge on any atom is -0.486 e. The van der Waals surface area contributed by atoms with Gasteiger partial charge in [0.25, 0.3) is 5.91 Å². The molecule has 3 aromatic rings. The van der Waals surface area contributed by atoms with Gasteiger partial charge in [-0.3, -0.25) is 4.79 Å². The van der Waals surface area contributed by atoms with Gasteiger partial charge in [0.2, 0.25) is 0 Å². The van der Waals surface area contributed by atoms with E-state index < -0.39 is 0 Å². The number of benzene rings is 1. The third-order valence-electron chi connectivity index (χ3n) is 4.48. The van der Waals surface area contributed by atoms with Crippen molar-refractivity contribution in [3.8, 4) is 11.8 Å². The summed E-state index contributed by atoms with van der Waals surface area (Å²) in [4.78, 5) is 18.9. The zero-order valence-corrected chi connectivity index (χ0v) is 17.4. The Kier molecular flexibility index (Phi) is 5.36. The van der Waals surface area contributed by atoms with Crippen molar-refractivity contribution in [1.82, 2.24) is 4.98 Å². The number of thiophene rings is 1. The molecule has 0 atom stereocenters. The average Bonchev–Trinajstić information content (AvgIpc) is 3.35. The van der Waals surface area contributed by atoms with Gasteiger partial charge < -0.3 is 10.1 Å². The van der Waals surface area contributed by atoms with Crippen LogP contribution in [0.25, 0.3) is 0 Å². The highest BCUT2D eigenvalue weighted by atomic mass is 35.5. The molecule has 5 nitrogen and oxygen atoms in total. The number of nitrogens with zero attached hydrogens (tertiary/aromatic N) is 2. The van der Waals surface area contributed by atoms with Crippen LogP contribution in [0.3, 0.4) is 0 Å². The van der Waals surface area contributed by atoms with Gasteiger partial charge in [-0.1, -0.05) is 11.6 Å². The lowest BCUT2D eigenvalue weighted by Crippen LogP contribution is -2.11. The number of aryl methyl sites for hydroxylation is 2. The standard InChI is InChI=1S/C20H16ClN3O2S2/c1-11-18(28-17(23-11)10-26-13-7-5-12(21)6-8-13)19(25)24-20-15(9-22)14-3-2-4-16(14)27-20/h5-8H,2-4,10H2,1H3,(H,24,25). The number of ether oxygens (including phenoxy) is 1. The highest BCUT2D eigenvalue weighted by Gasteiger charge is 2.24. The van der Waals surface area contributed by atoms with E-state index in [0.29, 0.717) is 36.9 Å². The first kappa shape index (κ1) is 18.9. The smallest absolute Gasteiger partial charge is 0.268 e. The van der Waals surface area contributed by atoms with E-state index in [1.165, 1.54) is 27.6 Å². The number of carbonyl (C=O) groups is 1. The maximum Gasteiger partial charge on any atom is 0.268 e. The Morgan fingerprint density at radius 1 is 1.32 bits per heavy atom. The summed E-state index contributed by atoms with van der Waals surface area (Å²) in [5, 5.41) is 14.4. The molecule has 0 aliphatic heterocycles. The number of thiazole rings is 1. The molecule has 0 saturated carbocycles. The van der Waals surface area contributed by atoms with Crippen LogP contribution in [0.15, 0.2) is 24.3 Å². The minimum atomic E-state index is -0.232. The Labute approximate surface area is 175 Å². The molecule has 0 spiro atoms. The van der Waals surface area contributed by atoms with Crippen molar-refractivity contribution in [3.05, 3.63) is 60.9 Å². The summed E-state index contributed by atoms with van der Waals surface area (Å²) in [6.07, 6.45) is 2.97. The van der Waals surface area contributed by atoms with Crippen LogP contribution in [0, 0.1) is 18.3 Å². The van der Waals surface area contributed by atoms with Gasteiger partial charge in [-0.15, -0.1) is 22.7 Å². The average molecular weight is 430 g/mol. The van der Waals surface area contributed by atoms with Crippen LogP contribution in [-0.4, -0.2) is 10.9 Å². The molecule has 2 heterocycles. The fourth-order valence-corrected chi connectivity index (χ4v) is 5.40. The summed E-state index contributed by atoms with van der Waals surface area (Å²) >= 11 is 8.68. The van der Waals surface area contributed by atoms with Crippen molar-refractivity contribution in [3.63, 3.8) is 0 Å². The lowest BCUT2D eigenvalue weighted by atomic mass is 10.1. The number of aromatic nitrogens is 1. The van der Waals surface area contributed by atoms with Gasteiger partial charge in [-0.25, -0.2) is 4.98 Å². The topological polar surface area (TPSA) is 75.0 Å². The zero-order chi connectivity index (χ0) is 19.7. The number of rotatable bonds is 5. The summed E-state index contributed by atoms with van der Waals surface area (Å²) in [7, 11) is 0. The molecule has 0 unspecified atom stereocenters. The van der Waals surface area contributed by atoms with Gasteiger partial charge in [0.05, 0.1) is 11.3 Å². The minimum absolute atomic E-state index is 0.232. The number of amides is 1. The summed E-state index contributed by atoms with van der Waals surface area (Å²) in [5.74, 6) is 0.458. The monoisotopic (exact) mass is 429 g/mol. The molecular weight excluding hydrogens is 414 g/mol. The summed E-state index contributed by atoms with van der Waals surface area (Å²) in [5.41, 5.74) is 2.36. The number of anilines is 1. The molecule has 142 valence electrons. The molecule has 0 radical (unpaired) electrons. The quantitative estimate of drug-likeness (QED) is 0.592. The van der Waals surface area contributed by atoms with E-state index in [1.54, 1.807) is 31.2 Å². The number of nitrogens with one attached hydrogen (secondary N) is 1. The van der Waals surface area contributed by atoms with E-state index in [-0.39, 0.29) is 12.5 Å². The molecule has 0 fully saturated rings. The second-order valence-corrected chi connectivity index (χ2v) is 9.02. The van der Waals surface area contributed by atoms with Gasteiger partial charge in [0, 0.05) is 9.90 Å². The van der Waals surface area contributed by atoms with Crippen LogP contribution in [0.1, 0.15) is 42.8 Å². The van der Waals surface area contributed by atoms with Crippen LogP contribution in [0.2, 0.25) is 5.02 Å². The molecule has 0 saturated heterocycles. The van der Waals surface area contributed by atoms with Crippen LogP contribution in [0.4, 0.5) is 5.00 Å². The van der Waals surface area contributed by atoms with E-state index >= 15 is 0 Å². The number of carbonyl (C=O) groups excluding carboxylic acids is 1. The number of fused-ring (bicyclic) bond motifs is 1. The number of halogens is 1. The summed E-state index contributed by atoms with van der Waals surface area (Å²) < 4.78 is 5.71. The molecule has 28 heavy (non-hydrogen) atoms. The van der Waals surface area contributed by atoms with Gasteiger partial charge >= 0.3 is 0 Å². The molecule has 0 bridgehead atoms. The lowest BCUT2D eigenvalue weighted by molar-refractivity contribution is 0.103. The molecule has 1 aliphatic carbocycles. The Morgan fingerprint density at radius 3 is 2.86 bits per heavy atom. The lowest BCUT2D eigenvalue weighted by Gasteiger charge is -2.03. The molecule has 2 aromatic heterocycles. The van der Waals surface area contributed by atoms with E-state index in [9.17, 15) is 10.1 Å². The molecule has 4 rings (SSSR count). The SMILES string of the molecule is Cc1nc(COc2ccc(Cl)cc2)sc1C(=O)Nc1sc2c(c1C#N)CCC2. The van der Waals surface area contributed by atoms with E-state index in [2.05, 4.69) is 16.4 Å². The molecule has 1 aromatic carbocycles. The summed E-state index contributed by atoms with van der Waals surface area (Å²) in [6, 6.07) is 9.34. The largest absolute Gasteiger partial charge is 0.486 e. The molecule has 1 N–H and O–H groups in total. The Morgan fingerprint density at radius 2 is 2.11 bits per heavy atom. The Hall–Kier alpha value is -2.40. The van der Waals surface area contributed by atoms with E-state index in [4.69, 9.17) is 16.3 Å². The number of hydrogen-bond donors (Lipinski definition) is 1. The Balaban J connectivity index is 1.47. The second kappa shape index (κ2) is 7.92. The third kappa shape index (κ3) is 3.76. The second-order valence-electron chi connectivity index (χ2n) is 6.39. The molecular formula is C20H16ClN3O2S2. The van der Waals surface area contributed by atoms with Gasteiger partial charge in [0.15, 0.2) is 0 Å². The number of nitriles is 1. The van der Waals surface area contributed by atoms with Crippen molar-refractivity contribution in [1.29, 1.82) is 5.26 Å². The maximum atomic E-state index is 12.8. The fourth-order valence-electron chi connectivity index (χ4n) is 3.17. The highest BCUT2D eigenvalue weighted by Crippen LogP contribution is 2.39. The number of hydrogen-bond acceptors (Lipinski definition) is 6. The highest BCUT2D eigenvalue weighted by molar-refractivity contribution is 7.17. The van der Waals surface area contributed by atoms with Crippen molar-refractivity contribution in [2.24, 2.45) is 0 Å². The predicted octanol–water partition coefficient (Wildman–Crippen LogP) is 5.36. The van der Waals surface area contributed by atoms with Crippen LogP contribution in [0.5, 0.6) is 5.75 Å². The first-order chi connectivity index (χ1) is 13.5. The normalized spacial score (nSPS) is 12.5. The maximum absolute atomic E-state index is 12.8. The van der Waals surface area contributed by atoms with Crippen molar-refractivity contribution < 1.29 is 9.53 Å². The zero-order valence-electron chi connectivity index (χ0n) is 15.0. The van der Waals surface area contributed by atoms with Crippen LogP contribution in [-0.2, 0) is 19.4 Å². The third-order valence-corrected chi connectivity index (χ3v) is 7.07. The van der Waals surface area contributed by atoms with Gasteiger partial charge in [-0.2, -0.15) is 5.26 Å². The van der Waals surface area contributed by atoms with Crippen LogP contribution >= 0.6 is 34.3 Å². The molecule has 1 aliphatic rings. The molecule has 8 heteroatoms. The first-order valence-corrected chi connectivity index (χ1v) is 10.8.